The summed E-state index contributed by atoms with van der Waals surface area (Å²) in [6.45, 7) is 5.68. The van der Waals surface area contributed by atoms with Crippen LogP contribution in [0.3, 0.4) is 0 Å². The highest BCUT2D eigenvalue weighted by molar-refractivity contribution is 7.15. The Hall–Kier alpha value is -2.29. The minimum atomic E-state index is -0.327. The Morgan fingerprint density at radius 2 is 2.14 bits per heavy atom. The van der Waals surface area contributed by atoms with Crippen LogP contribution in [0.15, 0.2) is 0 Å². The first-order chi connectivity index (χ1) is 10.6. The van der Waals surface area contributed by atoms with Crippen molar-refractivity contribution in [1.82, 2.24) is 20.2 Å². The molecule has 2 aromatic heterocycles. The second-order valence-electron chi connectivity index (χ2n) is 5.07. The molecule has 0 saturated carbocycles. The van der Waals surface area contributed by atoms with Crippen molar-refractivity contribution in [3.63, 3.8) is 0 Å². The van der Waals surface area contributed by atoms with Gasteiger partial charge in [-0.1, -0.05) is 18.3 Å². The van der Waals surface area contributed by atoms with E-state index in [-0.39, 0.29) is 11.9 Å². The van der Waals surface area contributed by atoms with Crippen molar-refractivity contribution < 1.29 is 4.79 Å². The normalized spacial score (nSPS) is 16.7. The number of rotatable bonds is 4. The highest BCUT2D eigenvalue weighted by Crippen LogP contribution is 2.33. The maximum absolute atomic E-state index is 11.9. The van der Waals surface area contributed by atoms with Crippen molar-refractivity contribution in [3.05, 3.63) is 10.8 Å². The summed E-state index contributed by atoms with van der Waals surface area (Å²) >= 11 is 1.48. The Labute approximate surface area is 131 Å². The highest BCUT2D eigenvalue weighted by Gasteiger charge is 2.26. The number of nitrogens with zero attached hydrogens (tertiary/aromatic N) is 4. The first-order valence-corrected chi connectivity index (χ1v) is 7.94. The fourth-order valence-electron chi connectivity index (χ4n) is 2.11. The van der Waals surface area contributed by atoms with E-state index in [2.05, 4.69) is 43.0 Å². The molecule has 0 spiro atoms. The van der Waals surface area contributed by atoms with Gasteiger partial charge in [-0.05, 0) is 20.3 Å². The van der Waals surface area contributed by atoms with Gasteiger partial charge in [0, 0.05) is 6.42 Å². The van der Waals surface area contributed by atoms with Crippen LogP contribution in [-0.4, -0.2) is 32.1 Å². The Bertz CT molecular complexity index is 714. The third-order valence-corrected chi connectivity index (χ3v) is 4.07. The number of carbonyl (C=O) groups is 1. The lowest BCUT2D eigenvalue weighted by atomic mass is 10.2. The van der Waals surface area contributed by atoms with E-state index in [0.29, 0.717) is 28.3 Å². The van der Waals surface area contributed by atoms with Crippen molar-refractivity contribution in [2.75, 3.05) is 16.0 Å². The predicted molar refractivity (Wildman–Crippen MR) is 85.7 cm³/mol. The van der Waals surface area contributed by atoms with Gasteiger partial charge in [-0.3, -0.25) is 4.79 Å². The van der Waals surface area contributed by atoms with Crippen molar-refractivity contribution >= 4 is 39.7 Å². The molecule has 116 valence electrons. The molecule has 8 nitrogen and oxygen atoms in total. The quantitative estimate of drug-likeness (QED) is 0.792. The van der Waals surface area contributed by atoms with Gasteiger partial charge in [0.05, 0.1) is 0 Å². The summed E-state index contributed by atoms with van der Waals surface area (Å²) < 4.78 is 0. The van der Waals surface area contributed by atoms with E-state index < -0.39 is 0 Å². The second-order valence-corrected chi connectivity index (χ2v) is 6.14. The Morgan fingerprint density at radius 3 is 2.91 bits per heavy atom. The number of aromatic nitrogens is 4. The van der Waals surface area contributed by atoms with Gasteiger partial charge in [0.25, 0.3) is 0 Å². The van der Waals surface area contributed by atoms with Crippen LogP contribution in [0.25, 0.3) is 0 Å². The van der Waals surface area contributed by atoms with Gasteiger partial charge < -0.3 is 16.0 Å². The van der Waals surface area contributed by atoms with Crippen LogP contribution >= 0.6 is 11.3 Å². The average Bonchev–Trinajstić information content (AvgIpc) is 2.89. The molecule has 3 rings (SSSR count). The lowest BCUT2D eigenvalue weighted by Gasteiger charge is -2.24. The summed E-state index contributed by atoms with van der Waals surface area (Å²) in [4.78, 5) is 20.5. The first-order valence-electron chi connectivity index (χ1n) is 7.12. The van der Waals surface area contributed by atoms with E-state index in [4.69, 9.17) is 0 Å². The Kier molecular flexibility index (Phi) is 3.88. The van der Waals surface area contributed by atoms with E-state index in [9.17, 15) is 4.79 Å². The van der Waals surface area contributed by atoms with Crippen LogP contribution in [0.1, 0.15) is 31.1 Å². The minimum absolute atomic E-state index is 0.119. The predicted octanol–water partition coefficient (Wildman–Crippen LogP) is 2.09. The van der Waals surface area contributed by atoms with E-state index in [1.165, 1.54) is 11.3 Å². The molecule has 0 bridgehead atoms. The molecule has 3 N–H and O–H groups in total. The molecule has 1 amide bonds. The summed E-state index contributed by atoms with van der Waals surface area (Å²) in [6, 6.07) is -0.327. The number of hydrogen-bond acceptors (Lipinski definition) is 8. The number of carbonyl (C=O) groups excluding carboxylic acids is 1. The zero-order valence-corrected chi connectivity index (χ0v) is 13.4. The molecule has 0 saturated heterocycles. The number of nitrogens with one attached hydrogen (secondary N) is 3. The summed E-state index contributed by atoms with van der Waals surface area (Å²) in [7, 11) is 0. The van der Waals surface area contributed by atoms with Crippen LogP contribution in [0, 0.1) is 6.92 Å². The molecule has 0 aromatic carbocycles. The monoisotopic (exact) mass is 319 g/mol. The molecule has 9 heteroatoms. The summed E-state index contributed by atoms with van der Waals surface area (Å²) in [6.07, 6.45) is 1.92. The lowest BCUT2D eigenvalue weighted by molar-refractivity contribution is -0.116. The number of fused-ring (bicyclic) bond motifs is 1. The van der Waals surface area contributed by atoms with E-state index >= 15 is 0 Å². The first kappa shape index (κ1) is 14.6. The van der Waals surface area contributed by atoms with Crippen LogP contribution in [-0.2, 0) is 11.2 Å². The maximum Gasteiger partial charge on any atom is 0.246 e. The molecule has 1 atom stereocenters. The SMILES string of the molecule is CCCc1nnc(Nc2nc(C)nc3c2NC(=O)C(C)N3)s1. The van der Waals surface area contributed by atoms with Gasteiger partial charge in [0.1, 0.15) is 22.6 Å². The van der Waals surface area contributed by atoms with E-state index in [1.807, 2.05) is 0 Å². The number of anilines is 4. The van der Waals surface area contributed by atoms with Crippen LogP contribution in [0.5, 0.6) is 0 Å². The van der Waals surface area contributed by atoms with Gasteiger partial charge in [-0.2, -0.15) is 0 Å². The van der Waals surface area contributed by atoms with Crippen LogP contribution in [0.4, 0.5) is 22.5 Å². The Morgan fingerprint density at radius 1 is 1.32 bits per heavy atom. The molecule has 2 aromatic rings. The largest absolute Gasteiger partial charge is 0.357 e. The molecule has 0 fully saturated rings. The van der Waals surface area contributed by atoms with Crippen molar-refractivity contribution in [2.45, 2.75) is 39.7 Å². The smallest absolute Gasteiger partial charge is 0.246 e. The average molecular weight is 319 g/mol. The fraction of sp³-hybridized carbons (Fsp3) is 0.462. The van der Waals surface area contributed by atoms with E-state index in [1.54, 1.807) is 13.8 Å². The second kappa shape index (κ2) is 5.84. The Balaban J connectivity index is 1.91. The lowest BCUT2D eigenvalue weighted by Crippen LogP contribution is -2.37. The van der Waals surface area contributed by atoms with Crippen molar-refractivity contribution in [2.24, 2.45) is 0 Å². The van der Waals surface area contributed by atoms with Gasteiger partial charge in [-0.25, -0.2) is 9.97 Å². The minimum Gasteiger partial charge on any atom is -0.357 e. The topological polar surface area (TPSA) is 105 Å². The highest BCUT2D eigenvalue weighted by atomic mass is 32.1. The molecule has 1 aliphatic heterocycles. The number of aryl methyl sites for hydroxylation is 2. The van der Waals surface area contributed by atoms with Crippen LogP contribution < -0.4 is 16.0 Å². The van der Waals surface area contributed by atoms with Crippen LogP contribution in [0.2, 0.25) is 0 Å². The van der Waals surface area contributed by atoms with Gasteiger partial charge in [0.2, 0.25) is 11.0 Å². The standard InChI is InChI=1S/C13H17N7OS/c1-4-5-8-19-20-13(22-8)18-11-9-10(15-7(3)16-11)14-6(2)12(21)17-9/h6H,4-5H2,1-3H3,(H,17,21)(H2,14,15,16,18,20). The molecule has 0 radical (unpaired) electrons. The summed E-state index contributed by atoms with van der Waals surface area (Å²) in [5.74, 6) is 1.62. The molecular weight excluding hydrogens is 302 g/mol. The van der Waals surface area contributed by atoms with Crippen molar-refractivity contribution in [3.8, 4) is 0 Å². The molecular formula is C13H17N7OS. The number of hydrogen-bond donors (Lipinski definition) is 3. The summed E-state index contributed by atoms with van der Waals surface area (Å²) in [5.41, 5.74) is 0.543. The maximum atomic E-state index is 11.9. The summed E-state index contributed by atoms with van der Waals surface area (Å²) in [5, 5.41) is 18.9. The third kappa shape index (κ3) is 2.84. The molecule has 22 heavy (non-hydrogen) atoms. The zero-order chi connectivity index (χ0) is 15.7. The van der Waals surface area contributed by atoms with Gasteiger partial charge in [0.15, 0.2) is 11.6 Å². The van der Waals surface area contributed by atoms with E-state index in [0.717, 1.165) is 17.8 Å². The third-order valence-electron chi connectivity index (χ3n) is 3.17. The molecule has 1 unspecified atom stereocenters. The van der Waals surface area contributed by atoms with Gasteiger partial charge in [-0.15, -0.1) is 10.2 Å². The zero-order valence-electron chi connectivity index (χ0n) is 12.6. The number of amides is 1. The molecule has 1 aliphatic rings. The molecule has 0 aliphatic carbocycles. The molecule has 3 heterocycles. The van der Waals surface area contributed by atoms with Crippen molar-refractivity contribution in [1.29, 1.82) is 0 Å². The fourth-order valence-corrected chi connectivity index (χ4v) is 2.95. The van der Waals surface area contributed by atoms with Gasteiger partial charge >= 0.3 is 0 Å².